The number of hydrogen-bond acceptors (Lipinski definition) is 0. The Morgan fingerprint density at radius 2 is 0.775 bits per heavy atom. The van der Waals surface area contributed by atoms with E-state index >= 15 is 0 Å². The maximum absolute atomic E-state index is 2.62. The summed E-state index contributed by atoms with van der Waals surface area (Å²) < 4.78 is 5.24. The Labute approximate surface area is 253 Å². The molecule has 0 saturated carbocycles. The van der Waals surface area contributed by atoms with Crippen molar-refractivity contribution in [2.45, 2.75) is 226 Å². The van der Waals surface area contributed by atoms with E-state index in [0.29, 0.717) is 0 Å². The van der Waals surface area contributed by atoms with Crippen LogP contribution in [0, 0.1) is 0 Å². The lowest BCUT2D eigenvalue weighted by atomic mass is 10.1. The van der Waals surface area contributed by atoms with Gasteiger partial charge in [0.15, 0.2) is 0 Å². The molecule has 40 heavy (non-hydrogen) atoms. The summed E-state index contributed by atoms with van der Waals surface area (Å²) in [6.45, 7) is 9.40. The molecule has 0 N–H and O–H groups in total. The molecule has 0 unspecified atom stereocenters. The lowest BCUT2D eigenvalue weighted by Gasteiger charge is -2.07. The van der Waals surface area contributed by atoms with E-state index in [1.807, 2.05) is 0 Å². The summed E-state index contributed by atoms with van der Waals surface area (Å²) >= 11 is 0. The van der Waals surface area contributed by atoms with Gasteiger partial charge in [0.05, 0.1) is 13.1 Å². The van der Waals surface area contributed by atoms with E-state index in [2.05, 4.69) is 42.3 Å². The number of unbranched alkanes of at least 4 members (excludes halogenated alkanes) is 26. The third kappa shape index (κ3) is 21.9. The highest BCUT2D eigenvalue weighted by molar-refractivity contribution is 4.84. The number of rotatable bonds is 32. The van der Waals surface area contributed by atoms with Gasteiger partial charge >= 0.3 is 0 Å². The molecule has 2 nitrogen and oxygen atoms in total. The van der Waals surface area contributed by atoms with Gasteiger partial charge in [-0.25, -0.2) is 9.13 Å². The van der Waals surface area contributed by atoms with Crippen LogP contribution in [0.15, 0.2) is 12.4 Å². The first kappa shape index (κ1) is 37.2. The number of nitrogens with zero attached hydrogens (tertiary/aromatic N) is 2. The van der Waals surface area contributed by atoms with Crippen LogP contribution in [0.5, 0.6) is 0 Å². The molecule has 0 saturated heterocycles. The van der Waals surface area contributed by atoms with Crippen LogP contribution < -0.4 is 4.57 Å². The highest BCUT2D eigenvalue weighted by atomic mass is 15.1. The normalized spacial score (nSPS) is 11.6. The van der Waals surface area contributed by atoms with Gasteiger partial charge in [-0.1, -0.05) is 175 Å². The quantitative estimate of drug-likeness (QED) is 0.0613. The first-order valence-corrected chi connectivity index (χ1v) is 18.9. The molecule has 0 aliphatic heterocycles. The maximum atomic E-state index is 2.62. The summed E-state index contributed by atoms with van der Waals surface area (Å²) in [5, 5.41) is 0. The van der Waals surface area contributed by atoms with Gasteiger partial charge in [0.2, 0.25) is 0 Å². The van der Waals surface area contributed by atoms with Crippen LogP contribution in [0.3, 0.4) is 0 Å². The van der Waals surface area contributed by atoms with Gasteiger partial charge in [0.25, 0.3) is 5.82 Å². The average Bonchev–Trinajstić information content (AvgIpc) is 3.35. The maximum Gasteiger partial charge on any atom is 0.256 e. The molecule has 0 bridgehead atoms. The van der Waals surface area contributed by atoms with Crippen LogP contribution in [-0.2, 0) is 19.5 Å². The molecule has 0 spiro atoms. The van der Waals surface area contributed by atoms with Crippen molar-refractivity contribution in [2.75, 3.05) is 0 Å². The molecule has 0 radical (unpaired) electrons. The molecule has 1 aromatic heterocycles. The number of hydrogen-bond donors (Lipinski definition) is 0. The lowest BCUT2D eigenvalue weighted by molar-refractivity contribution is -0.704. The van der Waals surface area contributed by atoms with Crippen LogP contribution >= 0.6 is 0 Å². The summed E-state index contributed by atoms with van der Waals surface area (Å²) in [5.74, 6) is 1.61. The molecular formula is C38H75N2+. The molecule has 1 rings (SSSR count). The highest BCUT2D eigenvalue weighted by Gasteiger charge is 2.16. The second kappa shape index (κ2) is 29.7. The molecule has 1 aromatic rings. The van der Waals surface area contributed by atoms with E-state index < -0.39 is 0 Å². The first-order valence-electron chi connectivity index (χ1n) is 18.9. The Kier molecular flexibility index (Phi) is 27.6. The zero-order valence-corrected chi connectivity index (χ0v) is 28.2. The SMILES string of the molecule is CCCCCCCCCCCCCCn1cc[n+](CCCCCCCCCCCCCC)c1CCCCCCC. The van der Waals surface area contributed by atoms with E-state index in [1.165, 1.54) is 206 Å². The molecule has 0 aliphatic rings. The molecule has 2 heteroatoms. The van der Waals surface area contributed by atoms with Crippen molar-refractivity contribution in [3.8, 4) is 0 Å². The van der Waals surface area contributed by atoms with Gasteiger partial charge < -0.3 is 0 Å². The zero-order chi connectivity index (χ0) is 28.8. The number of aromatic nitrogens is 2. The van der Waals surface area contributed by atoms with Crippen molar-refractivity contribution in [3.05, 3.63) is 18.2 Å². The lowest BCUT2D eigenvalue weighted by Crippen LogP contribution is -2.37. The Morgan fingerprint density at radius 1 is 0.425 bits per heavy atom. The predicted octanol–water partition coefficient (Wildman–Crippen LogP) is 12.7. The fraction of sp³-hybridized carbons (Fsp3) is 0.921. The predicted molar refractivity (Wildman–Crippen MR) is 179 cm³/mol. The fourth-order valence-corrected chi connectivity index (χ4v) is 6.33. The third-order valence-corrected chi connectivity index (χ3v) is 9.10. The highest BCUT2D eigenvalue weighted by Crippen LogP contribution is 2.15. The van der Waals surface area contributed by atoms with Gasteiger partial charge in [-0.15, -0.1) is 0 Å². The van der Waals surface area contributed by atoms with Gasteiger partial charge in [-0.05, 0) is 32.1 Å². The van der Waals surface area contributed by atoms with Crippen molar-refractivity contribution >= 4 is 0 Å². The van der Waals surface area contributed by atoms with Crippen LogP contribution in [0.2, 0.25) is 0 Å². The summed E-state index contributed by atoms with van der Waals surface area (Å²) in [6.07, 6.45) is 47.4. The molecule has 236 valence electrons. The van der Waals surface area contributed by atoms with Crippen molar-refractivity contribution in [1.82, 2.24) is 4.57 Å². The van der Waals surface area contributed by atoms with Gasteiger partial charge in [-0.3, -0.25) is 0 Å². The summed E-state index contributed by atoms with van der Waals surface area (Å²) in [4.78, 5) is 0. The Morgan fingerprint density at radius 3 is 1.20 bits per heavy atom. The van der Waals surface area contributed by atoms with Crippen LogP contribution in [0.4, 0.5) is 0 Å². The molecular weight excluding hydrogens is 484 g/mol. The van der Waals surface area contributed by atoms with Crippen molar-refractivity contribution in [2.24, 2.45) is 0 Å². The Hall–Kier alpha value is -0.790. The molecule has 0 fully saturated rings. The van der Waals surface area contributed by atoms with E-state index in [-0.39, 0.29) is 0 Å². The number of imidazole rings is 1. The van der Waals surface area contributed by atoms with Gasteiger partial charge in [-0.2, -0.15) is 0 Å². The summed E-state index contributed by atoms with van der Waals surface area (Å²) in [7, 11) is 0. The van der Waals surface area contributed by atoms with Crippen LogP contribution in [0.1, 0.15) is 213 Å². The van der Waals surface area contributed by atoms with E-state index in [0.717, 1.165) is 0 Å². The van der Waals surface area contributed by atoms with E-state index in [9.17, 15) is 0 Å². The topological polar surface area (TPSA) is 8.81 Å². The van der Waals surface area contributed by atoms with E-state index in [4.69, 9.17) is 0 Å². The second-order valence-electron chi connectivity index (χ2n) is 13.0. The summed E-state index contributed by atoms with van der Waals surface area (Å²) in [5.41, 5.74) is 0. The fourth-order valence-electron chi connectivity index (χ4n) is 6.33. The molecule has 0 aromatic carbocycles. The van der Waals surface area contributed by atoms with Gasteiger partial charge in [0.1, 0.15) is 12.4 Å². The minimum atomic E-state index is 1.23. The molecule has 1 heterocycles. The Bertz CT molecular complexity index is 574. The third-order valence-electron chi connectivity index (χ3n) is 9.10. The molecule has 0 aliphatic carbocycles. The molecule has 0 amide bonds. The van der Waals surface area contributed by atoms with Gasteiger partial charge in [0, 0.05) is 6.42 Å². The van der Waals surface area contributed by atoms with Crippen molar-refractivity contribution in [3.63, 3.8) is 0 Å². The number of aryl methyl sites for hydroxylation is 2. The largest absolute Gasteiger partial charge is 0.256 e. The average molecular weight is 560 g/mol. The molecule has 0 atom stereocenters. The standard InChI is InChI=1S/C38H75N2/c1-4-7-10-13-15-17-19-21-23-25-28-31-34-39-36-37-40(38(39)33-30-27-12-9-6-3)35-32-29-26-24-22-20-18-16-14-11-8-5-2/h36-37H,4-35H2,1-3H3/q+1. The van der Waals surface area contributed by atoms with Crippen molar-refractivity contribution in [1.29, 1.82) is 0 Å². The van der Waals surface area contributed by atoms with Crippen LogP contribution in [-0.4, -0.2) is 4.57 Å². The first-order chi connectivity index (χ1) is 19.8. The summed E-state index contributed by atoms with van der Waals surface area (Å²) in [6, 6.07) is 0. The monoisotopic (exact) mass is 560 g/mol. The van der Waals surface area contributed by atoms with Crippen LogP contribution in [0.25, 0.3) is 0 Å². The van der Waals surface area contributed by atoms with E-state index in [1.54, 1.807) is 5.82 Å². The zero-order valence-electron chi connectivity index (χ0n) is 28.2. The Balaban J connectivity index is 2.23. The minimum absolute atomic E-state index is 1.23. The van der Waals surface area contributed by atoms with Crippen molar-refractivity contribution < 1.29 is 4.57 Å². The minimum Gasteiger partial charge on any atom is -0.234 e. The second-order valence-corrected chi connectivity index (χ2v) is 13.0. The smallest absolute Gasteiger partial charge is 0.234 e.